The van der Waals surface area contributed by atoms with Crippen LogP contribution in [0.1, 0.15) is 30.4 Å². The molecule has 1 aliphatic carbocycles. The number of hydrogen-bond donors (Lipinski definition) is 1. The highest BCUT2D eigenvalue weighted by Crippen LogP contribution is 2.52. The van der Waals surface area contributed by atoms with Gasteiger partial charge in [0.2, 0.25) is 0 Å². The summed E-state index contributed by atoms with van der Waals surface area (Å²) in [4.78, 5) is 12.7. The van der Waals surface area contributed by atoms with Gasteiger partial charge in [0.05, 0.1) is 13.5 Å². The van der Waals surface area contributed by atoms with Crippen LogP contribution in [0.3, 0.4) is 0 Å². The second-order valence-electron chi connectivity index (χ2n) is 5.35. The molecule has 4 heteroatoms. The third kappa shape index (κ3) is 3.74. The van der Waals surface area contributed by atoms with Gasteiger partial charge in [0.25, 0.3) is 0 Å². The molecule has 0 amide bonds. The number of rotatable bonds is 6. The summed E-state index contributed by atoms with van der Waals surface area (Å²) in [5.41, 5.74) is 8.24. The molecular weight excluding hydrogens is 258 g/mol. The fourth-order valence-electron chi connectivity index (χ4n) is 2.16. The van der Waals surface area contributed by atoms with Crippen molar-refractivity contribution < 1.29 is 9.53 Å². The first-order valence-corrected chi connectivity index (χ1v) is 7.56. The van der Waals surface area contributed by atoms with Crippen LogP contribution in [0.5, 0.6) is 0 Å². The van der Waals surface area contributed by atoms with Gasteiger partial charge < -0.3 is 10.5 Å². The van der Waals surface area contributed by atoms with Gasteiger partial charge in [-0.05, 0) is 42.4 Å². The van der Waals surface area contributed by atoms with Crippen LogP contribution < -0.4 is 5.73 Å². The van der Waals surface area contributed by atoms with E-state index in [0.29, 0.717) is 13.0 Å². The summed E-state index contributed by atoms with van der Waals surface area (Å²) >= 11 is 1.84. The molecular formula is C15H21NO2S. The molecule has 1 saturated carbocycles. The van der Waals surface area contributed by atoms with E-state index in [0.717, 1.165) is 24.2 Å². The number of ether oxygens (including phenoxy) is 1. The molecule has 19 heavy (non-hydrogen) atoms. The van der Waals surface area contributed by atoms with Gasteiger partial charge in [-0.2, -0.15) is 0 Å². The largest absolute Gasteiger partial charge is 0.469 e. The third-order valence-corrected chi connectivity index (χ3v) is 5.24. The number of thioether (sulfide) groups is 1. The zero-order valence-electron chi connectivity index (χ0n) is 11.6. The van der Waals surface area contributed by atoms with E-state index in [1.807, 2.05) is 11.8 Å². The normalized spacial score (nSPS) is 16.2. The van der Waals surface area contributed by atoms with Gasteiger partial charge in [-0.25, -0.2) is 0 Å². The van der Waals surface area contributed by atoms with Crippen LogP contribution in [-0.2, 0) is 16.1 Å². The first kappa shape index (κ1) is 14.4. The van der Waals surface area contributed by atoms with Crippen molar-refractivity contribution in [2.75, 3.05) is 12.9 Å². The van der Waals surface area contributed by atoms with E-state index < -0.39 is 0 Å². The summed E-state index contributed by atoms with van der Waals surface area (Å²) in [5, 5.41) is 0. The van der Waals surface area contributed by atoms with Crippen molar-refractivity contribution in [3.63, 3.8) is 0 Å². The second-order valence-corrected chi connectivity index (χ2v) is 6.36. The van der Waals surface area contributed by atoms with Gasteiger partial charge in [0.15, 0.2) is 0 Å². The zero-order chi connectivity index (χ0) is 13.9. The Kier molecular flexibility index (Phi) is 4.53. The smallest absolute Gasteiger partial charge is 0.306 e. The SMILES string of the molecule is COC(=O)CC1(CSc2ccc(CN)cc2C)CC1. The maximum absolute atomic E-state index is 11.4. The summed E-state index contributed by atoms with van der Waals surface area (Å²) in [6.07, 6.45) is 2.82. The Morgan fingerprint density at radius 2 is 2.21 bits per heavy atom. The number of nitrogens with two attached hydrogens (primary N) is 1. The van der Waals surface area contributed by atoms with Gasteiger partial charge in [-0.3, -0.25) is 4.79 Å². The molecule has 0 atom stereocenters. The van der Waals surface area contributed by atoms with Gasteiger partial charge in [0, 0.05) is 17.2 Å². The number of methoxy groups -OCH3 is 1. The van der Waals surface area contributed by atoms with Gasteiger partial charge in [0.1, 0.15) is 0 Å². The van der Waals surface area contributed by atoms with Crippen LogP contribution in [0.25, 0.3) is 0 Å². The Morgan fingerprint density at radius 1 is 1.47 bits per heavy atom. The topological polar surface area (TPSA) is 52.3 Å². The van der Waals surface area contributed by atoms with Crippen LogP contribution in [0, 0.1) is 12.3 Å². The van der Waals surface area contributed by atoms with Crippen molar-refractivity contribution in [3.05, 3.63) is 29.3 Å². The van der Waals surface area contributed by atoms with Crippen LogP contribution in [0.2, 0.25) is 0 Å². The molecule has 0 bridgehead atoms. The molecule has 0 spiro atoms. The van der Waals surface area contributed by atoms with E-state index in [1.54, 1.807) is 0 Å². The molecule has 0 saturated heterocycles. The van der Waals surface area contributed by atoms with Gasteiger partial charge in [-0.1, -0.05) is 12.1 Å². The standard InChI is InChI=1S/C15H21NO2S/c1-11-7-12(9-16)3-4-13(11)19-10-15(5-6-15)8-14(17)18-2/h3-4,7H,5-6,8-10,16H2,1-2H3. The number of carbonyl (C=O) groups is 1. The maximum Gasteiger partial charge on any atom is 0.306 e. The summed E-state index contributed by atoms with van der Waals surface area (Å²) in [6.45, 7) is 2.69. The molecule has 0 aliphatic heterocycles. The highest BCUT2D eigenvalue weighted by molar-refractivity contribution is 7.99. The Bertz CT molecular complexity index is 469. The fourth-order valence-corrected chi connectivity index (χ4v) is 3.46. The fraction of sp³-hybridized carbons (Fsp3) is 0.533. The van der Waals surface area contributed by atoms with Crippen molar-refractivity contribution in [2.45, 2.75) is 37.6 Å². The molecule has 2 N–H and O–H groups in total. The highest BCUT2D eigenvalue weighted by atomic mass is 32.2. The monoisotopic (exact) mass is 279 g/mol. The minimum Gasteiger partial charge on any atom is -0.469 e. The zero-order valence-corrected chi connectivity index (χ0v) is 12.4. The Labute approximate surface area is 118 Å². The van der Waals surface area contributed by atoms with Gasteiger partial charge in [-0.15, -0.1) is 11.8 Å². The lowest BCUT2D eigenvalue weighted by Crippen LogP contribution is -2.13. The van der Waals surface area contributed by atoms with E-state index in [9.17, 15) is 4.79 Å². The van der Waals surface area contributed by atoms with Crippen molar-refractivity contribution in [2.24, 2.45) is 11.1 Å². The minimum atomic E-state index is -0.0895. The third-order valence-electron chi connectivity index (χ3n) is 3.71. The lowest BCUT2D eigenvalue weighted by Gasteiger charge is -2.14. The van der Waals surface area contributed by atoms with E-state index in [2.05, 4.69) is 25.1 Å². The first-order valence-electron chi connectivity index (χ1n) is 6.58. The Morgan fingerprint density at radius 3 is 2.74 bits per heavy atom. The van der Waals surface area contributed by atoms with E-state index >= 15 is 0 Å². The average molecular weight is 279 g/mol. The highest BCUT2D eigenvalue weighted by Gasteiger charge is 2.44. The van der Waals surface area contributed by atoms with Crippen molar-refractivity contribution in [1.29, 1.82) is 0 Å². The Hall–Kier alpha value is -1.00. The minimum absolute atomic E-state index is 0.0895. The molecule has 2 rings (SSSR count). The summed E-state index contributed by atoms with van der Waals surface area (Å²) in [6, 6.07) is 6.35. The van der Waals surface area contributed by atoms with Crippen LogP contribution >= 0.6 is 11.8 Å². The second kappa shape index (κ2) is 5.97. The number of carbonyl (C=O) groups excluding carboxylic acids is 1. The number of esters is 1. The van der Waals surface area contributed by atoms with Gasteiger partial charge >= 0.3 is 5.97 Å². The molecule has 0 radical (unpaired) electrons. The molecule has 1 fully saturated rings. The van der Waals surface area contributed by atoms with E-state index in [4.69, 9.17) is 10.5 Å². The molecule has 1 aliphatic rings. The van der Waals surface area contributed by atoms with Crippen LogP contribution in [0.4, 0.5) is 0 Å². The number of hydrogen-bond acceptors (Lipinski definition) is 4. The quantitative estimate of drug-likeness (QED) is 0.642. The molecule has 104 valence electrons. The molecule has 3 nitrogen and oxygen atoms in total. The van der Waals surface area contributed by atoms with Crippen molar-refractivity contribution >= 4 is 17.7 Å². The van der Waals surface area contributed by atoms with Crippen molar-refractivity contribution in [3.8, 4) is 0 Å². The summed E-state index contributed by atoms with van der Waals surface area (Å²) < 4.78 is 4.77. The molecule has 0 unspecified atom stereocenters. The van der Waals surface area contributed by atoms with Crippen LogP contribution in [-0.4, -0.2) is 18.8 Å². The van der Waals surface area contributed by atoms with E-state index in [-0.39, 0.29) is 11.4 Å². The van der Waals surface area contributed by atoms with Crippen LogP contribution in [0.15, 0.2) is 23.1 Å². The molecule has 0 aromatic heterocycles. The predicted molar refractivity (Wildman–Crippen MR) is 78.1 cm³/mol. The molecule has 1 aromatic rings. The lowest BCUT2D eigenvalue weighted by atomic mass is 10.1. The maximum atomic E-state index is 11.4. The number of aryl methyl sites for hydroxylation is 1. The predicted octanol–water partition coefficient (Wildman–Crippen LogP) is 2.89. The summed E-state index contributed by atoms with van der Waals surface area (Å²) in [5.74, 6) is 0.901. The van der Waals surface area contributed by atoms with E-state index in [1.165, 1.54) is 17.6 Å². The lowest BCUT2D eigenvalue weighted by molar-refractivity contribution is -0.141. The summed E-state index contributed by atoms with van der Waals surface area (Å²) in [7, 11) is 1.46. The molecule has 0 heterocycles. The van der Waals surface area contributed by atoms with Crippen molar-refractivity contribution in [1.82, 2.24) is 0 Å². The Balaban J connectivity index is 1.94. The average Bonchev–Trinajstić information content (AvgIpc) is 3.17. The number of benzene rings is 1. The molecule has 1 aromatic carbocycles. The first-order chi connectivity index (χ1) is 9.08.